The number of aliphatic hydroxyl groups is 1. The lowest BCUT2D eigenvalue weighted by Gasteiger charge is -2.33. The number of fused-ring (bicyclic) bond motifs is 3. The zero-order chi connectivity index (χ0) is 28.6. The van der Waals surface area contributed by atoms with Gasteiger partial charge in [-0.05, 0) is 75.5 Å². The standard InChI is InChI=1S/C30H35F2N5O3S.2ClH/c1-40-26-17-25-27(16-22(26)28(38)34-9-2-12-36-13-5-20(31)6-14-36)41-29-35-24(18-37(25)29)21-4-3-19(15-23(21)32)30(39)7-10-33-11-8-30;;/h3-4,15-18,20,33,39H,2,5-14H2,1H3,(H,34,38);2*1H. The van der Waals surface area contributed by atoms with Crippen molar-refractivity contribution in [1.82, 2.24) is 24.9 Å². The fourth-order valence-electron chi connectivity index (χ4n) is 5.87. The van der Waals surface area contributed by atoms with E-state index in [0.29, 0.717) is 78.4 Å². The molecule has 3 N–H and O–H groups in total. The molecule has 0 spiro atoms. The molecule has 43 heavy (non-hydrogen) atoms. The second-order valence-corrected chi connectivity index (χ2v) is 12.0. The van der Waals surface area contributed by atoms with Crippen molar-refractivity contribution in [3.8, 4) is 17.0 Å². The van der Waals surface area contributed by atoms with Crippen molar-refractivity contribution >= 4 is 57.2 Å². The first-order valence-electron chi connectivity index (χ1n) is 14.2. The lowest BCUT2D eigenvalue weighted by molar-refractivity contribution is 0.00569. The van der Waals surface area contributed by atoms with Gasteiger partial charge in [0.25, 0.3) is 5.91 Å². The smallest absolute Gasteiger partial charge is 0.255 e. The molecule has 0 bridgehead atoms. The number of nitrogens with zero attached hydrogens (tertiary/aromatic N) is 3. The molecule has 4 heterocycles. The molecule has 234 valence electrons. The van der Waals surface area contributed by atoms with Crippen LogP contribution in [0.2, 0.25) is 0 Å². The summed E-state index contributed by atoms with van der Waals surface area (Å²) in [6.07, 6.45) is 4.14. The molecule has 4 aromatic rings. The van der Waals surface area contributed by atoms with Crippen LogP contribution in [0.25, 0.3) is 26.4 Å². The number of aromatic nitrogens is 2. The molecular weight excluding hydrogens is 619 g/mol. The van der Waals surface area contributed by atoms with Gasteiger partial charge < -0.3 is 25.4 Å². The summed E-state index contributed by atoms with van der Waals surface area (Å²) in [7, 11) is 1.53. The average Bonchev–Trinajstić information content (AvgIpc) is 3.53. The number of hydrogen-bond acceptors (Lipinski definition) is 7. The van der Waals surface area contributed by atoms with E-state index in [-0.39, 0.29) is 30.7 Å². The average molecular weight is 657 g/mol. The van der Waals surface area contributed by atoms with Gasteiger partial charge in [-0.25, -0.2) is 13.8 Å². The van der Waals surface area contributed by atoms with Crippen LogP contribution in [0.5, 0.6) is 5.75 Å². The van der Waals surface area contributed by atoms with Gasteiger partial charge in [-0.3, -0.25) is 9.20 Å². The molecule has 0 unspecified atom stereocenters. The van der Waals surface area contributed by atoms with Crippen LogP contribution in [-0.4, -0.2) is 77.8 Å². The normalized spacial score (nSPS) is 17.4. The maximum atomic E-state index is 15.3. The zero-order valence-corrected chi connectivity index (χ0v) is 26.4. The number of halogens is 4. The maximum absolute atomic E-state index is 15.3. The Morgan fingerprint density at radius 3 is 2.65 bits per heavy atom. The molecule has 1 amide bonds. The maximum Gasteiger partial charge on any atom is 0.255 e. The largest absolute Gasteiger partial charge is 0.496 e. The number of piperidine rings is 2. The van der Waals surface area contributed by atoms with Crippen molar-refractivity contribution in [2.75, 3.05) is 46.4 Å². The Hall–Kier alpha value is -2.54. The minimum Gasteiger partial charge on any atom is -0.496 e. The van der Waals surface area contributed by atoms with E-state index in [1.807, 2.05) is 16.5 Å². The number of rotatable bonds is 8. The van der Waals surface area contributed by atoms with Crippen LogP contribution in [0.1, 0.15) is 48.0 Å². The van der Waals surface area contributed by atoms with E-state index in [1.165, 1.54) is 24.5 Å². The number of amides is 1. The van der Waals surface area contributed by atoms with Crippen LogP contribution in [0.15, 0.2) is 36.5 Å². The highest BCUT2D eigenvalue weighted by Gasteiger charge is 2.32. The first-order valence-corrected chi connectivity index (χ1v) is 15.0. The van der Waals surface area contributed by atoms with Gasteiger partial charge in [-0.1, -0.05) is 17.4 Å². The summed E-state index contributed by atoms with van der Waals surface area (Å²) >= 11 is 1.42. The van der Waals surface area contributed by atoms with E-state index >= 15 is 4.39 Å². The number of carbonyl (C=O) groups excluding carboxylic acids is 1. The van der Waals surface area contributed by atoms with Gasteiger partial charge in [0.1, 0.15) is 17.7 Å². The number of alkyl halides is 1. The molecule has 2 aliphatic rings. The van der Waals surface area contributed by atoms with Gasteiger partial charge in [0, 0.05) is 37.5 Å². The number of carbonyl (C=O) groups is 1. The van der Waals surface area contributed by atoms with Crippen molar-refractivity contribution < 1.29 is 23.4 Å². The number of thiazole rings is 1. The van der Waals surface area contributed by atoms with Crippen LogP contribution in [-0.2, 0) is 5.60 Å². The molecule has 6 rings (SSSR count). The Kier molecular flexibility index (Phi) is 10.9. The van der Waals surface area contributed by atoms with Gasteiger partial charge >= 0.3 is 0 Å². The molecule has 13 heteroatoms. The lowest BCUT2D eigenvalue weighted by atomic mass is 9.84. The summed E-state index contributed by atoms with van der Waals surface area (Å²) in [6.45, 7) is 4.26. The Morgan fingerprint density at radius 2 is 1.95 bits per heavy atom. The summed E-state index contributed by atoms with van der Waals surface area (Å²) < 4.78 is 36.9. The molecule has 0 saturated carbocycles. The zero-order valence-electron chi connectivity index (χ0n) is 23.9. The molecule has 2 aliphatic heterocycles. The van der Waals surface area contributed by atoms with Crippen molar-refractivity contribution in [2.45, 2.75) is 43.9 Å². The summed E-state index contributed by atoms with van der Waals surface area (Å²) in [4.78, 5) is 20.6. The minimum atomic E-state index is -1.02. The number of hydrogen-bond donors (Lipinski definition) is 3. The second-order valence-electron chi connectivity index (χ2n) is 11.0. The van der Waals surface area contributed by atoms with Crippen LogP contribution < -0.4 is 15.4 Å². The van der Waals surface area contributed by atoms with Crippen LogP contribution in [0.3, 0.4) is 0 Å². The number of methoxy groups -OCH3 is 1. The quantitative estimate of drug-likeness (QED) is 0.222. The third kappa shape index (κ3) is 6.92. The monoisotopic (exact) mass is 655 g/mol. The topological polar surface area (TPSA) is 91.1 Å². The van der Waals surface area contributed by atoms with E-state index in [4.69, 9.17) is 4.74 Å². The Morgan fingerprint density at radius 1 is 1.21 bits per heavy atom. The second kappa shape index (κ2) is 14.0. The van der Waals surface area contributed by atoms with E-state index in [0.717, 1.165) is 36.3 Å². The Bertz CT molecular complexity index is 1570. The molecule has 0 atom stereocenters. The molecule has 2 fully saturated rings. The molecule has 0 radical (unpaired) electrons. The minimum absolute atomic E-state index is 0. The summed E-state index contributed by atoms with van der Waals surface area (Å²) in [6, 6.07) is 8.52. The third-order valence-electron chi connectivity index (χ3n) is 8.33. The van der Waals surface area contributed by atoms with Crippen molar-refractivity contribution in [1.29, 1.82) is 0 Å². The van der Waals surface area contributed by atoms with Crippen LogP contribution >= 0.6 is 36.2 Å². The van der Waals surface area contributed by atoms with Gasteiger partial charge in [0.2, 0.25) is 0 Å². The highest BCUT2D eigenvalue weighted by molar-refractivity contribution is 7.23. The number of nitrogens with one attached hydrogen (secondary N) is 2. The van der Waals surface area contributed by atoms with Crippen molar-refractivity contribution in [2.24, 2.45) is 0 Å². The highest BCUT2D eigenvalue weighted by Crippen LogP contribution is 2.36. The van der Waals surface area contributed by atoms with Crippen molar-refractivity contribution in [3.63, 3.8) is 0 Å². The number of likely N-dealkylation sites (tertiary alicyclic amines) is 1. The van der Waals surface area contributed by atoms with Gasteiger partial charge in [0.05, 0.1) is 34.2 Å². The van der Waals surface area contributed by atoms with Gasteiger partial charge in [-0.2, -0.15) is 0 Å². The Balaban J connectivity index is 0.00000212. The predicted octanol–water partition coefficient (Wildman–Crippen LogP) is 5.33. The van der Waals surface area contributed by atoms with Crippen molar-refractivity contribution in [3.05, 3.63) is 53.5 Å². The highest BCUT2D eigenvalue weighted by atomic mass is 35.5. The van der Waals surface area contributed by atoms with E-state index in [2.05, 4.69) is 20.5 Å². The van der Waals surface area contributed by atoms with Gasteiger partial charge in [0.15, 0.2) is 4.96 Å². The van der Waals surface area contributed by atoms with E-state index in [9.17, 15) is 14.3 Å². The molecule has 2 saturated heterocycles. The first-order chi connectivity index (χ1) is 19.8. The molecule has 0 aliphatic carbocycles. The first kappa shape index (κ1) is 33.4. The molecule has 2 aromatic heterocycles. The van der Waals surface area contributed by atoms with Crippen LogP contribution in [0.4, 0.5) is 8.78 Å². The molecular formula is C30H37Cl2F2N5O3S. The fourth-order valence-corrected chi connectivity index (χ4v) is 6.90. The SMILES string of the molecule is COc1cc2c(cc1C(=O)NCCCN1CCC(F)CC1)sc1nc(-c3ccc(C4(O)CCNCC4)cc3F)cn12.Cl.Cl. The lowest BCUT2D eigenvalue weighted by Crippen LogP contribution is -2.39. The third-order valence-corrected chi connectivity index (χ3v) is 9.34. The summed E-state index contributed by atoms with van der Waals surface area (Å²) in [5.41, 5.74) is 1.69. The summed E-state index contributed by atoms with van der Waals surface area (Å²) in [5, 5.41) is 17.2. The van der Waals surface area contributed by atoms with Crippen LogP contribution in [0, 0.1) is 5.82 Å². The molecule has 8 nitrogen and oxygen atoms in total. The molecule has 2 aromatic carbocycles. The number of imidazole rings is 1. The summed E-state index contributed by atoms with van der Waals surface area (Å²) in [5.74, 6) is -0.191. The fraction of sp³-hybridized carbons (Fsp3) is 0.467. The predicted molar refractivity (Wildman–Crippen MR) is 171 cm³/mol. The number of benzene rings is 2. The van der Waals surface area contributed by atoms with E-state index < -0.39 is 17.6 Å². The number of ether oxygens (including phenoxy) is 1. The Labute approximate surface area is 265 Å². The van der Waals surface area contributed by atoms with Gasteiger partial charge in [-0.15, -0.1) is 24.8 Å². The van der Waals surface area contributed by atoms with E-state index in [1.54, 1.807) is 18.3 Å².